The van der Waals surface area contributed by atoms with E-state index in [1.165, 1.54) is 0 Å². The highest BCUT2D eigenvalue weighted by Crippen LogP contribution is 2.24. The third-order valence-electron chi connectivity index (χ3n) is 3.60. The molecule has 1 aliphatic rings. The second-order valence-electron chi connectivity index (χ2n) is 4.92. The van der Waals surface area contributed by atoms with Gasteiger partial charge in [-0.2, -0.15) is 0 Å². The first-order valence-corrected chi connectivity index (χ1v) is 7.39. The van der Waals surface area contributed by atoms with Gasteiger partial charge in [0.15, 0.2) is 0 Å². The van der Waals surface area contributed by atoms with Gasteiger partial charge in [-0.25, -0.2) is 0 Å². The Kier molecular flexibility index (Phi) is 4.82. The quantitative estimate of drug-likeness (QED) is 0.820. The van der Waals surface area contributed by atoms with E-state index < -0.39 is 0 Å². The fourth-order valence-corrected chi connectivity index (χ4v) is 2.84. The molecule has 0 bridgehead atoms. The standard InChI is InChI=1S/C14H19BrN2O2/c15-12-8-10(5-6-13(12)16)14(19)17-7-3-1-2-4-11(17)9-18/h5-6,8,11,18H,1-4,7,9,16H2. The van der Waals surface area contributed by atoms with Gasteiger partial charge in [0.2, 0.25) is 0 Å². The average molecular weight is 327 g/mol. The zero-order chi connectivity index (χ0) is 13.8. The molecule has 4 nitrogen and oxygen atoms in total. The summed E-state index contributed by atoms with van der Waals surface area (Å²) in [4.78, 5) is 14.3. The van der Waals surface area contributed by atoms with E-state index in [9.17, 15) is 9.90 Å². The lowest BCUT2D eigenvalue weighted by atomic mass is 10.1. The molecule has 0 spiro atoms. The Morgan fingerprint density at radius 2 is 2.21 bits per heavy atom. The number of nitrogens with two attached hydrogens (primary N) is 1. The molecule has 1 aromatic carbocycles. The Bertz CT molecular complexity index is 465. The Balaban J connectivity index is 2.22. The second-order valence-corrected chi connectivity index (χ2v) is 5.77. The van der Waals surface area contributed by atoms with Gasteiger partial charge >= 0.3 is 0 Å². The number of aliphatic hydroxyl groups excluding tert-OH is 1. The number of carbonyl (C=O) groups excluding carboxylic acids is 1. The molecule has 104 valence electrons. The average Bonchev–Trinajstić information content (AvgIpc) is 2.66. The maximum atomic E-state index is 12.5. The van der Waals surface area contributed by atoms with Crippen molar-refractivity contribution in [2.45, 2.75) is 31.7 Å². The lowest BCUT2D eigenvalue weighted by Crippen LogP contribution is -2.42. The number of nitrogen functional groups attached to an aromatic ring is 1. The molecular formula is C14H19BrN2O2. The summed E-state index contributed by atoms with van der Waals surface area (Å²) in [5, 5.41) is 9.46. The molecule has 0 radical (unpaired) electrons. The monoisotopic (exact) mass is 326 g/mol. The number of likely N-dealkylation sites (tertiary alicyclic amines) is 1. The van der Waals surface area contributed by atoms with Crippen LogP contribution in [0.4, 0.5) is 5.69 Å². The third-order valence-corrected chi connectivity index (χ3v) is 4.28. The van der Waals surface area contributed by atoms with Crippen molar-refractivity contribution >= 4 is 27.5 Å². The van der Waals surface area contributed by atoms with E-state index in [0.717, 1.165) is 30.2 Å². The van der Waals surface area contributed by atoms with Crippen LogP contribution in [0.3, 0.4) is 0 Å². The van der Waals surface area contributed by atoms with Crippen molar-refractivity contribution in [1.82, 2.24) is 4.90 Å². The molecule has 0 saturated carbocycles. The van der Waals surface area contributed by atoms with Crippen molar-refractivity contribution in [1.29, 1.82) is 0 Å². The molecule has 1 fully saturated rings. The van der Waals surface area contributed by atoms with Crippen molar-refractivity contribution in [2.75, 3.05) is 18.9 Å². The van der Waals surface area contributed by atoms with Gasteiger partial charge < -0.3 is 15.7 Å². The Morgan fingerprint density at radius 3 is 2.89 bits per heavy atom. The molecule has 1 unspecified atom stereocenters. The third kappa shape index (κ3) is 3.28. The molecule has 1 heterocycles. The first kappa shape index (κ1) is 14.3. The van der Waals surface area contributed by atoms with Crippen molar-refractivity contribution in [3.8, 4) is 0 Å². The van der Waals surface area contributed by atoms with Crippen molar-refractivity contribution in [2.24, 2.45) is 0 Å². The highest BCUT2D eigenvalue weighted by molar-refractivity contribution is 9.10. The zero-order valence-electron chi connectivity index (χ0n) is 10.8. The first-order valence-electron chi connectivity index (χ1n) is 6.60. The number of amides is 1. The minimum atomic E-state index is -0.0636. The summed E-state index contributed by atoms with van der Waals surface area (Å²) in [6, 6.07) is 5.15. The fourth-order valence-electron chi connectivity index (χ4n) is 2.46. The number of aliphatic hydroxyl groups is 1. The van der Waals surface area contributed by atoms with Crippen LogP contribution in [0.25, 0.3) is 0 Å². The van der Waals surface area contributed by atoms with Crippen LogP contribution in [-0.2, 0) is 0 Å². The molecular weight excluding hydrogens is 308 g/mol. The van der Waals surface area contributed by atoms with Crippen LogP contribution in [0.1, 0.15) is 36.0 Å². The van der Waals surface area contributed by atoms with Crippen molar-refractivity contribution in [3.63, 3.8) is 0 Å². The SMILES string of the molecule is Nc1ccc(C(=O)N2CCCCCC2CO)cc1Br. The maximum absolute atomic E-state index is 12.5. The smallest absolute Gasteiger partial charge is 0.254 e. The summed E-state index contributed by atoms with van der Waals surface area (Å²) in [6.45, 7) is 0.744. The second kappa shape index (κ2) is 6.39. The summed E-state index contributed by atoms with van der Waals surface area (Å²) in [5.41, 5.74) is 6.96. The normalized spacial score (nSPS) is 20.1. The van der Waals surface area contributed by atoms with E-state index >= 15 is 0 Å². The number of hydrogen-bond acceptors (Lipinski definition) is 3. The number of rotatable bonds is 2. The topological polar surface area (TPSA) is 66.6 Å². The van der Waals surface area contributed by atoms with Crippen LogP contribution in [0.15, 0.2) is 22.7 Å². The first-order chi connectivity index (χ1) is 9.13. The van der Waals surface area contributed by atoms with Crippen molar-refractivity contribution < 1.29 is 9.90 Å². The largest absolute Gasteiger partial charge is 0.398 e. The number of benzene rings is 1. The van der Waals surface area contributed by atoms with Crippen LogP contribution in [0, 0.1) is 0 Å². The van der Waals surface area contributed by atoms with Gasteiger partial charge in [-0.3, -0.25) is 4.79 Å². The molecule has 0 aliphatic carbocycles. The minimum Gasteiger partial charge on any atom is -0.398 e. The highest BCUT2D eigenvalue weighted by atomic mass is 79.9. The highest BCUT2D eigenvalue weighted by Gasteiger charge is 2.25. The van der Waals surface area contributed by atoms with Crippen molar-refractivity contribution in [3.05, 3.63) is 28.2 Å². The Labute approximate surface area is 121 Å². The fraction of sp³-hybridized carbons (Fsp3) is 0.500. The number of halogens is 1. The number of anilines is 1. The van der Waals surface area contributed by atoms with Gasteiger partial charge in [-0.05, 0) is 47.0 Å². The van der Waals surface area contributed by atoms with E-state index in [1.54, 1.807) is 23.1 Å². The molecule has 1 amide bonds. The van der Waals surface area contributed by atoms with Crippen LogP contribution in [0.2, 0.25) is 0 Å². The molecule has 1 aliphatic heterocycles. The lowest BCUT2D eigenvalue weighted by Gasteiger charge is -2.28. The number of nitrogens with zero attached hydrogens (tertiary/aromatic N) is 1. The maximum Gasteiger partial charge on any atom is 0.254 e. The predicted molar refractivity (Wildman–Crippen MR) is 78.9 cm³/mol. The van der Waals surface area contributed by atoms with Gasteiger partial charge in [0.25, 0.3) is 5.91 Å². The van der Waals surface area contributed by atoms with Gasteiger partial charge in [-0.1, -0.05) is 12.8 Å². The molecule has 19 heavy (non-hydrogen) atoms. The molecule has 2 rings (SSSR count). The lowest BCUT2D eigenvalue weighted by molar-refractivity contribution is 0.0600. The summed E-state index contributed by atoms with van der Waals surface area (Å²) >= 11 is 3.34. The number of hydrogen-bond donors (Lipinski definition) is 2. The summed E-state index contributed by atoms with van der Waals surface area (Å²) < 4.78 is 0.730. The van der Waals surface area contributed by atoms with E-state index in [-0.39, 0.29) is 18.6 Å². The predicted octanol–water partition coefficient (Wildman–Crippen LogP) is 2.41. The van der Waals surface area contributed by atoms with Gasteiger partial charge in [0.1, 0.15) is 0 Å². The van der Waals surface area contributed by atoms with E-state index in [4.69, 9.17) is 5.73 Å². The van der Waals surface area contributed by atoms with Gasteiger partial charge in [-0.15, -0.1) is 0 Å². The Morgan fingerprint density at radius 1 is 1.42 bits per heavy atom. The zero-order valence-corrected chi connectivity index (χ0v) is 12.4. The van der Waals surface area contributed by atoms with Crippen LogP contribution in [0.5, 0.6) is 0 Å². The molecule has 1 atom stereocenters. The molecule has 5 heteroatoms. The van der Waals surface area contributed by atoms with Crippen LogP contribution in [-0.4, -0.2) is 35.1 Å². The molecule has 1 aromatic rings. The van der Waals surface area contributed by atoms with Crippen LogP contribution < -0.4 is 5.73 Å². The molecule has 0 aromatic heterocycles. The van der Waals surface area contributed by atoms with Gasteiger partial charge in [0, 0.05) is 22.3 Å². The van der Waals surface area contributed by atoms with E-state index in [2.05, 4.69) is 15.9 Å². The minimum absolute atomic E-state index is 0.0262. The summed E-state index contributed by atoms with van der Waals surface area (Å²) in [7, 11) is 0. The van der Waals surface area contributed by atoms with Crippen LogP contribution >= 0.6 is 15.9 Å². The number of carbonyl (C=O) groups is 1. The van der Waals surface area contributed by atoms with E-state index in [0.29, 0.717) is 17.8 Å². The summed E-state index contributed by atoms with van der Waals surface area (Å²) in [5.74, 6) is -0.0262. The van der Waals surface area contributed by atoms with E-state index in [1.807, 2.05) is 0 Å². The van der Waals surface area contributed by atoms with Gasteiger partial charge in [0.05, 0.1) is 12.6 Å². The summed E-state index contributed by atoms with van der Waals surface area (Å²) in [6.07, 6.45) is 4.06. The molecule has 1 saturated heterocycles. The molecule has 3 N–H and O–H groups in total. The Hall–Kier alpha value is -1.07.